The largest absolute Gasteiger partial charge is 0.454 e. The van der Waals surface area contributed by atoms with Crippen molar-refractivity contribution in [3.05, 3.63) is 65.5 Å². The standard InChI is InChI=1S/C17H14FNO4/c1-11(20)19-13-8-6-12(7-9-13)17(22)23-10-16(21)14-4-2-3-5-15(14)18/h2-9H,10H2,1H3,(H,19,20). The Bertz CT molecular complexity index is 741. The number of rotatable bonds is 5. The lowest BCUT2D eigenvalue weighted by atomic mass is 10.1. The van der Waals surface area contributed by atoms with E-state index < -0.39 is 24.2 Å². The number of Topliss-reactive ketones (excluding diaryl/α,β-unsaturated/α-hetero) is 1. The van der Waals surface area contributed by atoms with Crippen LogP contribution in [0.5, 0.6) is 0 Å². The third kappa shape index (κ3) is 4.47. The summed E-state index contributed by atoms with van der Waals surface area (Å²) in [6.45, 7) is 0.823. The number of nitrogens with one attached hydrogen (secondary N) is 1. The van der Waals surface area contributed by atoms with Crippen molar-refractivity contribution in [1.29, 1.82) is 0 Å². The molecule has 0 spiro atoms. The predicted octanol–water partition coefficient (Wildman–Crippen LogP) is 2.82. The zero-order valence-electron chi connectivity index (χ0n) is 12.3. The molecule has 0 fully saturated rings. The Labute approximate surface area is 132 Å². The molecule has 0 radical (unpaired) electrons. The quantitative estimate of drug-likeness (QED) is 0.680. The highest BCUT2D eigenvalue weighted by atomic mass is 19.1. The summed E-state index contributed by atoms with van der Waals surface area (Å²) in [6, 6.07) is 11.5. The molecule has 0 heterocycles. The normalized spacial score (nSPS) is 10.0. The van der Waals surface area contributed by atoms with Crippen molar-refractivity contribution in [2.45, 2.75) is 6.92 Å². The van der Waals surface area contributed by atoms with Gasteiger partial charge in [0, 0.05) is 12.6 Å². The number of halogens is 1. The number of carbonyl (C=O) groups excluding carboxylic acids is 3. The summed E-state index contributed by atoms with van der Waals surface area (Å²) in [5.41, 5.74) is 0.637. The Kier molecular flexibility index (Phi) is 5.19. The van der Waals surface area contributed by atoms with Gasteiger partial charge in [0.2, 0.25) is 11.7 Å². The van der Waals surface area contributed by atoms with Crippen LogP contribution in [0, 0.1) is 5.82 Å². The molecule has 0 saturated heterocycles. The Morgan fingerprint density at radius 2 is 1.70 bits per heavy atom. The molecule has 0 atom stereocenters. The van der Waals surface area contributed by atoms with Gasteiger partial charge >= 0.3 is 5.97 Å². The van der Waals surface area contributed by atoms with Crippen molar-refractivity contribution in [1.82, 2.24) is 0 Å². The second kappa shape index (κ2) is 7.31. The van der Waals surface area contributed by atoms with Crippen LogP contribution < -0.4 is 5.32 Å². The Balaban J connectivity index is 1.95. The van der Waals surface area contributed by atoms with Crippen LogP contribution >= 0.6 is 0 Å². The van der Waals surface area contributed by atoms with Gasteiger partial charge in [-0.05, 0) is 36.4 Å². The highest BCUT2D eigenvalue weighted by molar-refractivity contribution is 5.99. The molecule has 0 saturated carbocycles. The van der Waals surface area contributed by atoms with E-state index in [1.807, 2.05) is 0 Å². The fraction of sp³-hybridized carbons (Fsp3) is 0.118. The lowest BCUT2D eigenvalue weighted by Crippen LogP contribution is -2.15. The number of ether oxygens (including phenoxy) is 1. The van der Waals surface area contributed by atoms with Crippen LogP contribution in [0.15, 0.2) is 48.5 Å². The fourth-order valence-electron chi connectivity index (χ4n) is 1.87. The molecule has 0 aliphatic carbocycles. The zero-order valence-corrected chi connectivity index (χ0v) is 12.3. The molecule has 118 valence electrons. The topological polar surface area (TPSA) is 72.5 Å². The predicted molar refractivity (Wildman–Crippen MR) is 81.8 cm³/mol. The van der Waals surface area contributed by atoms with Gasteiger partial charge in [-0.1, -0.05) is 12.1 Å². The highest BCUT2D eigenvalue weighted by Crippen LogP contribution is 2.12. The van der Waals surface area contributed by atoms with E-state index in [-0.39, 0.29) is 17.0 Å². The second-order valence-electron chi connectivity index (χ2n) is 4.74. The minimum atomic E-state index is -0.705. The van der Waals surface area contributed by atoms with Crippen LogP contribution in [0.25, 0.3) is 0 Å². The number of hydrogen-bond donors (Lipinski definition) is 1. The van der Waals surface area contributed by atoms with Gasteiger partial charge in [0.05, 0.1) is 11.1 Å². The van der Waals surface area contributed by atoms with Gasteiger partial charge in [-0.3, -0.25) is 9.59 Å². The molecule has 23 heavy (non-hydrogen) atoms. The van der Waals surface area contributed by atoms with Crippen LogP contribution in [0.4, 0.5) is 10.1 Å². The summed E-state index contributed by atoms with van der Waals surface area (Å²) >= 11 is 0. The molecule has 0 aromatic heterocycles. The third-order valence-corrected chi connectivity index (χ3v) is 2.95. The lowest BCUT2D eigenvalue weighted by Gasteiger charge is -2.06. The molecular weight excluding hydrogens is 301 g/mol. The van der Waals surface area contributed by atoms with E-state index in [9.17, 15) is 18.8 Å². The maximum atomic E-state index is 13.4. The smallest absolute Gasteiger partial charge is 0.338 e. The van der Waals surface area contributed by atoms with E-state index in [1.54, 1.807) is 0 Å². The van der Waals surface area contributed by atoms with Crippen molar-refractivity contribution in [3.8, 4) is 0 Å². The fourth-order valence-corrected chi connectivity index (χ4v) is 1.87. The Morgan fingerprint density at radius 3 is 2.30 bits per heavy atom. The van der Waals surface area contributed by atoms with Crippen LogP contribution in [0.1, 0.15) is 27.6 Å². The van der Waals surface area contributed by atoms with Gasteiger partial charge in [-0.25, -0.2) is 9.18 Å². The summed E-state index contributed by atoms with van der Waals surface area (Å²) in [6.07, 6.45) is 0. The SMILES string of the molecule is CC(=O)Nc1ccc(C(=O)OCC(=O)c2ccccc2F)cc1. The number of anilines is 1. The van der Waals surface area contributed by atoms with E-state index in [0.717, 1.165) is 6.07 Å². The van der Waals surface area contributed by atoms with Gasteiger partial charge in [0.1, 0.15) is 5.82 Å². The van der Waals surface area contributed by atoms with Crippen LogP contribution in [-0.4, -0.2) is 24.3 Å². The summed E-state index contributed by atoms with van der Waals surface area (Å²) in [7, 11) is 0. The number of esters is 1. The van der Waals surface area contributed by atoms with Gasteiger partial charge in [0.15, 0.2) is 6.61 Å². The zero-order chi connectivity index (χ0) is 16.8. The molecule has 0 aliphatic heterocycles. The number of hydrogen-bond acceptors (Lipinski definition) is 4. The first-order valence-electron chi connectivity index (χ1n) is 6.80. The highest BCUT2D eigenvalue weighted by Gasteiger charge is 2.14. The van der Waals surface area contributed by atoms with E-state index in [0.29, 0.717) is 5.69 Å². The summed E-state index contributed by atoms with van der Waals surface area (Å²) in [5.74, 6) is -2.21. The van der Waals surface area contributed by atoms with Gasteiger partial charge in [-0.15, -0.1) is 0 Å². The average Bonchev–Trinajstić information content (AvgIpc) is 2.53. The van der Waals surface area contributed by atoms with Crippen molar-refractivity contribution in [2.24, 2.45) is 0 Å². The van der Waals surface area contributed by atoms with Crippen LogP contribution in [-0.2, 0) is 9.53 Å². The van der Waals surface area contributed by atoms with Crippen molar-refractivity contribution in [2.75, 3.05) is 11.9 Å². The monoisotopic (exact) mass is 315 g/mol. The number of amides is 1. The Morgan fingerprint density at radius 1 is 1.04 bits per heavy atom. The third-order valence-electron chi connectivity index (χ3n) is 2.95. The first-order chi connectivity index (χ1) is 11.0. The first-order valence-corrected chi connectivity index (χ1v) is 6.80. The van der Waals surface area contributed by atoms with Gasteiger partial charge in [0.25, 0.3) is 0 Å². The van der Waals surface area contributed by atoms with E-state index in [1.165, 1.54) is 49.4 Å². The molecule has 1 amide bonds. The van der Waals surface area contributed by atoms with Gasteiger partial charge in [-0.2, -0.15) is 0 Å². The average molecular weight is 315 g/mol. The second-order valence-corrected chi connectivity index (χ2v) is 4.74. The summed E-state index contributed by atoms with van der Waals surface area (Å²) < 4.78 is 18.3. The number of ketones is 1. The van der Waals surface area contributed by atoms with Gasteiger partial charge < -0.3 is 10.1 Å². The van der Waals surface area contributed by atoms with Crippen molar-refractivity contribution >= 4 is 23.3 Å². The molecule has 0 aliphatic rings. The molecule has 0 unspecified atom stereocenters. The van der Waals surface area contributed by atoms with E-state index >= 15 is 0 Å². The minimum Gasteiger partial charge on any atom is -0.454 e. The molecule has 2 aromatic rings. The lowest BCUT2D eigenvalue weighted by molar-refractivity contribution is -0.114. The molecule has 5 nitrogen and oxygen atoms in total. The summed E-state index contributed by atoms with van der Waals surface area (Å²) in [4.78, 5) is 34.6. The molecule has 6 heteroatoms. The van der Waals surface area contributed by atoms with Crippen LogP contribution in [0.3, 0.4) is 0 Å². The maximum absolute atomic E-state index is 13.4. The maximum Gasteiger partial charge on any atom is 0.338 e. The molecule has 0 bridgehead atoms. The van der Waals surface area contributed by atoms with Crippen molar-refractivity contribution < 1.29 is 23.5 Å². The molecular formula is C17H14FNO4. The molecule has 2 aromatic carbocycles. The number of carbonyl (C=O) groups is 3. The Hall–Kier alpha value is -3.02. The number of benzene rings is 2. The molecule has 1 N–H and O–H groups in total. The van der Waals surface area contributed by atoms with E-state index in [4.69, 9.17) is 4.74 Å². The van der Waals surface area contributed by atoms with E-state index in [2.05, 4.69) is 5.32 Å². The summed E-state index contributed by atoms with van der Waals surface area (Å²) in [5, 5.41) is 2.56. The first kappa shape index (κ1) is 16.4. The minimum absolute atomic E-state index is 0.124. The molecule has 2 rings (SSSR count). The van der Waals surface area contributed by atoms with Crippen molar-refractivity contribution in [3.63, 3.8) is 0 Å². The van der Waals surface area contributed by atoms with Crippen LogP contribution in [0.2, 0.25) is 0 Å².